The first-order valence-electron chi connectivity index (χ1n) is 6.03. The van der Waals surface area contributed by atoms with E-state index in [4.69, 9.17) is 5.26 Å². The van der Waals surface area contributed by atoms with Crippen molar-refractivity contribution < 1.29 is 0 Å². The van der Waals surface area contributed by atoms with Crippen LogP contribution in [0.1, 0.15) is 30.0 Å². The van der Waals surface area contributed by atoms with Crippen molar-refractivity contribution in [2.24, 2.45) is 0 Å². The molecule has 0 aromatic heterocycles. The van der Waals surface area contributed by atoms with E-state index in [2.05, 4.69) is 36.1 Å². The maximum Gasteiger partial charge on any atom is 0.0868 e. The van der Waals surface area contributed by atoms with Gasteiger partial charge in [-0.3, -0.25) is 4.90 Å². The summed E-state index contributed by atoms with van der Waals surface area (Å²) in [5.41, 5.74) is 4.38. The smallest absolute Gasteiger partial charge is 0.0868 e. The van der Waals surface area contributed by atoms with Crippen molar-refractivity contribution in [2.45, 2.75) is 32.7 Å². The molecule has 0 fully saturated rings. The molecular formula is C14H18N2. The van der Waals surface area contributed by atoms with Gasteiger partial charge in [-0.05, 0) is 42.5 Å². The SMILES string of the molecule is CCN(CC#N)Cc1ccc2c(c1)CCC2. The molecule has 0 radical (unpaired) electrons. The van der Waals surface area contributed by atoms with Crippen molar-refractivity contribution in [3.05, 3.63) is 34.9 Å². The first kappa shape index (κ1) is 11.2. The second-order valence-electron chi connectivity index (χ2n) is 4.42. The van der Waals surface area contributed by atoms with Crippen LogP contribution in [0.25, 0.3) is 0 Å². The highest BCUT2D eigenvalue weighted by molar-refractivity contribution is 5.35. The number of hydrogen-bond acceptors (Lipinski definition) is 2. The maximum absolute atomic E-state index is 8.71. The fraction of sp³-hybridized carbons (Fsp3) is 0.500. The molecule has 0 aliphatic heterocycles. The number of nitriles is 1. The topological polar surface area (TPSA) is 27.0 Å². The van der Waals surface area contributed by atoms with Crippen LogP contribution in [0.2, 0.25) is 0 Å². The number of nitrogens with zero attached hydrogens (tertiary/aromatic N) is 2. The normalized spacial score (nSPS) is 13.8. The summed E-state index contributed by atoms with van der Waals surface area (Å²) in [5.74, 6) is 0. The minimum Gasteiger partial charge on any atom is -0.287 e. The van der Waals surface area contributed by atoms with Gasteiger partial charge >= 0.3 is 0 Å². The average molecular weight is 214 g/mol. The third-order valence-electron chi connectivity index (χ3n) is 3.31. The van der Waals surface area contributed by atoms with E-state index in [0.29, 0.717) is 6.54 Å². The van der Waals surface area contributed by atoms with E-state index < -0.39 is 0 Å². The Kier molecular flexibility index (Phi) is 3.58. The second-order valence-corrected chi connectivity index (χ2v) is 4.42. The molecule has 2 rings (SSSR count). The third kappa shape index (κ3) is 2.43. The summed E-state index contributed by atoms with van der Waals surface area (Å²) >= 11 is 0. The lowest BCUT2D eigenvalue weighted by Gasteiger charge is -2.17. The predicted molar refractivity (Wildman–Crippen MR) is 65.0 cm³/mol. The molecule has 0 amide bonds. The largest absolute Gasteiger partial charge is 0.287 e. The van der Waals surface area contributed by atoms with Crippen LogP contribution in [0.4, 0.5) is 0 Å². The highest BCUT2D eigenvalue weighted by atomic mass is 15.1. The highest BCUT2D eigenvalue weighted by Gasteiger charge is 2.11. The second kappa shape index (κ2) is 5.14. The van der Waals surface area contributed by atoms with Crippen LogP contribution in [-0.4, -0.2) is 18.0 Å². The molecule has 1 aliphatic rings. The van der Waals surface area contributed by atoms with Gasteiger partial charge in [0.25, 0.3) is 0 Å². The number of benzene rings is 1. The van der Waals surface area contributed by atoms with Crippen molar-refractivity contribution in [2.75, 3.05) is 13.1 Å². The molecule has 0 N–H and O–H groups in total. The summed E-state index contributed by atoms with van der Waals surface area (Å²) in [6.07, 6.45) is 3.77. The zero-order valence-corrected chi connectivity index (χ0v) is 9.87. The molecule has 0 heterocycles. The van der Waals surface area contributed by atoms with Crippen molar-refractivity contribution in [3.8, 4) is 6.07 Å². The number of aryl methyl sites for hydroxylation is 2. The molecule has 0 spiro atoms. The van der Waals surface area contributed by atoms with Gasteiger partial charge in [0.2, 0.25) is 0 Å². The zero-order valence-electron chi connectivity index (χ0n) is 9.87. The molecule has 0 saturated heterocycles. The zero-order chi connectivity index (χ0) is 11.4. The Morgan fingerprint density at radius 2 is 2.12 bits per heavy atom. The van der Waals surface area contributed by atoms with Crippen molar-refractivity contribution in [3.63, 3.8) is 0 Å². The van der Waals surface area contributed by atoms with E-state index in [-0.39, 0.29) is 0 Å². The minimum atomic E-state index is 0.521. The molecule has 2 nitrogen and oxygen atoms in total. The van der Waals surface area contributed by atoms with Gasteiger partial charge in [0.05, 0.1) is 12.6 Å². The Balaban J connectivity index is 2.07. The fourth-order valence-electron chi connectivity index (χ4n) is 2.36. The Morgan fingerprint density at radius 3 is 2.88 bits per heavy atom. The Hall–Kier alpha value is -1.33. The number of fused-ring (bicyclic) bond motifs is 1. The van der Waals surface area contributed by atoms with E-state index in [1.807, 2.05) is 0 Å². The lowest BCUT2D eigenvalue weighted by molar-refractivity contribution is 0.314. The molecule has 1 aromatic carbocycles. The quantitative estimate of drug-likeness (QED) is 0.720. The van der Waals surface area contributed by atoms with Gasteiger partial charge in [0.1, 0.15) is 0 Å². The lowest BCUT2D eigenvalue weighted by atomic mass is 10.1. The average Bonchev–Trinajstić information content (AvgIpc) is 2.75. The van der Waals surface area contributed by atoms with Gasteiger partial charge in [-0.2, -0.15) is 5.26 Å². The predicted octanol–water partition coefficient (Wildman–Crippen LogP) is 2.52. The van der Waals surface area contributed by atoms with E-state index in [0.717, 1.165) is 13.1 Å². The summed E-state index contributed by atoms with van der Waals surface area (Å²) in [6, 6.07) is 9.01. The van der Waals surface area contributed by atoms with Gasteiger partial charge in [-0.1, -0.05) is 25.1 Å². The van der Waals surface area contributed by atoms with Crippen LogP contribution >= 0.6 is 0 Å². The van der Waals surface area contributed by atoms with E-state index in [1.165, 1.54) is 36.0 Å². The number of rotatable bonds is 4. The Morgan fingerprint density at radius 1 is 1.31 bits per heavy atom. The van der Waals surface area contributed by atoms with Crippen LogP contribution in [0.5, 0.6) is 0 Å². The molecule has 84 valence electrons. The Bertz CT molecular complexity index is 404. The molecule has 0 atom stereocenters. The van der Waals surface area contributed by atoms with Gasteiger partial charge in [0, 0.05) is 6.54 Å². The van der Waals surface area contributed by atoms with E-state index in [1.54, 1.807) is 0 Å². The molecule has 0 unspecified atom stereocenters. The maximum atomic E-state index is 8.71. The first-order valence-corrected chi connectivity index (χ1v) is 6.03. The molecule has 16 heavy (non-hydrogen) atoms. The van der Waals surface area contributed by atoms with Crippen molar-refractivity contribution >= 4 is 0 Å². The standard InChI is InChI=1S/C14H18N2/c1-2-16(9-8-15)11-12-6-7-13-4-3-5-14(13)10-12/h6-7,10H,2-5,9,11H2,1H3. The highest BCUT2D eigenvalue weighted by Crippen LogP contribution is 2.23. The van der Waals surface area contributed by atoms with Crippen LogP contribution in [0.3, 0.4) is 0 Å². The summed E-state index contributed by atoms with van der Waals surface area (Å²) in [7, 11) is 0. The van der Waals surface area contributed by atoms with Crippen LogP contribution in [0, 0.1) is 11.3 Å². The molecule has 2 heteroatoms. The molecule has 1 aliphatic carbocycles. The molecule has 0 saturated carbocycles. The number of hydrogen-bond donors (Lipinski definition) is 0. The van der Waals surface area contributed by atoms with E-state index >= 15 is 0 Å². The van der Waals surface area contributed by atoms with Gasteiger partial charge in [0.15, 0.2) is 0 Å². The molecule has 0 bridgehead atoms. The third-order valence-corrected chi connectivity index (χ3v) is 3.31. The van der Waals surface area contributed by atoms with E-state index in [9.17, 15) is 0 Å². The van der Waals surface area contributed by atoms with Crippen molar-refractivity contribution in [1.29, 1.82) is 5.26 Å². The molecular weight excluding hydrogens is 196 g/mol. The van der Waals surface area contributed by atoms with Crippen LogP contribution in [0.15, 0.2) is 18.2 Å². The fourth-order valence-corrected chi connectivity index (χ4v) is 2.36. The minimum absolute atomic E-state index is 0.521. The van der Waals surface area contributed by atoms with Gasteiger partial charge < -0.3 is 0 Å². The van der Waals surface area contributed by atoms with Crippen molar-refractivity contribution in [1.82, 2.24) is 4.90 Å². The Labute approximate surface area is 97.5 Å². The molecule has 1 aromatic rings. The monoisotopic (exact) mass is 214 g/mol. The summed E-state index contributed by atoms with van der Waals surface area (Å²) in [5, 5.41) is 8.71. The van der Waals surface area contributed by atoms with Gasteiger partial charge in [-0.25, -0.2) is 0 Å². The summed E-state index contributed by atoms with van der Waals surface area (Å²) < 4.78 is 0. The first-order chi connectivity index (χ1) is 7.83. The van der Waals surface area contributed by atoms with Crippen LogP contribution < -0.4 is 0 Å². The van der Waals surface area contributed by atoms with Crippen LogP contribution in [-0.2, 0) is 19.4 Å². The summed E-state index contributed by atoms with van der Waals surface area (Å²) in [6.45, 7) is 4.46. The summed E-state index contributed by atoms with van der Waals surface area (Å²) in [4.78, 5) is 2.16. The lowest BCUT2D eigenvalue weighted by Crippen LogP contribution is -2.23. The van der Waals surface area contributed by atoms with Gasteiger partial charge in [-0.15, -0.1) is 0 Å².